The van der Waals surface area contributed by atoms with Gasteiger partial charge in [-0.15, -0.1) is 0 Å². The normalized spacial score (nSPS) is 18.0. The molecule has 2 aromatic heterocycles. The van der Waals surface area contributed by atoms with Gasteiger partial charge in [0.1, 0.15) is 10.8 Å². The second-order valence-electron chi connectivity index (χ2n) is 9.85. The van der Waals surface area contributed by atoms with Gasteiger partial charge >= 0.3 is 0 Å². The molecule has 200 valence electrons. The Hall–Kier alpha value is -2.79. The number of nitrogen functional groups attached to an aromatic ring is 2. The van der Waals surface area contributed by atoms with E-state index >= 15 is 0 Å². The smallest absolute Gasteiger partial charge is 0.220 e. The summed E-state index contributed by atoms with van der Waals surface area (Å²) in [6, 6.07) is 8.17. The summed E-state index contributed by atoms with van der Waals surface area (Å²) >= 11 is 14.1. The largest absolute Gasteiger partial charge is 0.382 e. The van der Waals surface area contributed by atoms with Crippen molar-refractivity contribution in [2.24, 2.45) is 11.1 Å². The third-order valence-corrected chi connectivity index (χ3v) is 9.46. The third-order valence-electron chi connectivity index (χ3n) is 7.64. The SMILES string of the molecule is CNC(=O)CCc1ccc2c(c1)[C@@H](N)C1(CCN(c3nc(N)c(Sc4ccnc(N)c4Cl)nc3Cl)CC1)C2. The Morgan fingerprint density at radius 3 is 2.68 bits per heavy atom. The second kappa shape index (κ2) is 10.8. The van der Waals surface area contributed by atoms with Gasteiger partial charge in [-0.25, -0.2) is 15.0 Å². The summed E-state index contributed by atoms with van der Waals surface area (Å²) < 4.78 is 0. The Morgan fingerprint density at radius 2 is 1.95 bits per heavy atom. The zero-order chi connectivity index (χ0) is 27.0. The average molecular weight is 574 g/mol. The number of amides is 1. The van der Waals surface area contributed by atoms with Gasteiger partial charge in [0.2, 0.25) is 5.91 Å². The van der Waals surface area contributed by atoms with Crippen LogP contribution in [0.15, 0.2) is 40.4 Å². The van der Waals surface area contributed by atoms with Crippen LogP contribution in [0.1, 0.15) is 42.0 Å². The van der Waals surface area contributed by atoms with E-state index in [1.807, 2.05) is 0 Å². The Balaban J connectivity index is 1.28. The highest BCUT2D eigenvalue weighted by molar-refractivity contribution is 7.99. The summed E-state index contributed by atoms with van der Waals surface area (Å²) in [5.41, 5.74) is 22.6. The number of hydrogen-bond donors (Lipinski definition) is 4. The van der Waals surface area contributed by atoms with E-state index in [0.717, 1.165) is 37.9 Å². The van der Waals surface area contributed by atoms with Gasteiger partial charge in [0.25, 0.3) is 0 Å². The number of hydrogen-bond acceptors (Lipinski definition) is 9. The Bertz CT molecular complexity index is 1380. The van der Waals surface area contributed by atoms with Crippen molar-refractivity contribution in [3.63, 3.8) is 0 Å². The minimum Gasteiger partial charge on any atom is -0.382 e. The molecule has 0 unspecified atom stereocenters. The highest BCUT2D eigenvalue weighted by Crippen LogP contribution is 2.51. The number of aryl methyl sites for hydroxylation is 1. The van der Waals surface area contributed by atoms with Crippen LogP contribution in [0, 0.1) is 5.41 Å². The van der Waals surface area contributed by atoms with Crippen molar-refractivity contribution in [3.05, 3.63) is 57.3 Å². The summed E-state index contributed by atoms with van der Waals surface area (Å²) in [5.74, 6) is 1.12. The van der Waals surface area contributed by atoms with Crippen LogP contribution in [-0.2, 0) is 17.6 Å². The van der Waals surface area contributed by atoms with Crippen molar-refractivity contribution in [1.82, 2.24) is 20.3 Å². The number of piperidine rings is 1. The molecule has 1 aliphatic carbocycles. The van der Waals surface area contributed by atoms with E-state index in [9.17, 15) is 4.79 Å². The molecule has 12 heteroatoms. The summed E-state index contributed by atoms with van der Waals surface area (Å²) in [5, 5.41) is 3.76. The lowest BCUT2D eigenvalue weighted by Gasteiger charge is -2.42. The average Bonchev–Trinajstić information content (AvgIpc) is 3.18. The fourth-order valence-electron chi connectivity index (χ4n) is 5.41. The topological polar surface area (TPSA) is 149 Å². The molecule has 1 saturated heterocycles. The van der Waals surface area contributed by atoms with Crippen LogP contribution < -0.4 is 27.4 Å². The van der Waals surface area contributed by atoms with E-state index in [1.54, 1.807) is 19.3 Å². The third kappa shape index (κ3) is 5.10. The van der Waals surface area contributed by atoms with Crippen molar-refractivity contribution in [2.45, 2.75) is 48.1 Å². The quantitative estimate of drug-likeness (QED) is 0.343. The maximum Gasteiger partial charge on any atom is 0.220 e. The lowest BCUT2D eigenvalue weighted by Crippen LogP contribution is -2.44. The van der Waals surface area contributed by atoms with Crippen molar-refractivity contribution in [1.29, 1.82) is 0 Å². The van der Waals surface area contributed by atoms with Gasteiger partial charge in [-0.1, -0.05) is 53.2 Å². The standard InChI is InChI=1S/C26H30Cl2N8OS/c1-32-18(37)5-3-14-2-4-15-13-26(20(29)16(15)12-14)7-10-36(11-8-26)24-21(28)34-25(23(31)35-24)38-17-6-9-33-22(30)19(17)27/h2,4,6,9,12,20H,3,5,7-8,10-11,13,29H2,1H3,(H2,30,33)(H2,31,35)(H,32,37)/t20-/m1/s1. The molecule has 0 bridgehead atoms. The van der Waals surface area contributed by atoms with E-state index in [1.165, 1.54) is 22.9 Å². The molecule has 3 heterocycles. The van der Waals surface area contributed by atoms with Gasteiger partial charge in [-0.3, -0.25) is 4.79 Å². The van der Waals surface area contributed by atoms with E-state index < -0.39 is 0 Å². The van der Waals surface area contributed by atoms with Crippen molar-refractivity contribution in [2.75, 3.05) is 36.5 Å². The van der Waals surface area contributed by atoms with E-state index in [4.69, 9.17) is 40.4 Å². The minimum atomic E-state index is -0.0532. The highest BCUT2D eigenvalue weighted by Gasteiger charge is 2.46. The predicted molar refractivity (Wildman–Crippen MR) is 153 cm³/mol. The summed E-state index contributed by atoms with van der Waals surface area (Å²) in [7, 11) is 1.66. The number of nitrogens with one attached hydrogen (secondary N) is 1. The minimum absolute atomic E-state index is 0.0164. The number of rotatable bonds is 6. The maximum atomic E-state index is 11.7. The molecule has 1 spiro atoms. The summed E-state index contributed by atoms with van der Waals surface area (Å²) in [6.45, 7) is 1.50. The molecule has 1 atom stereocenters. The Morgan fingerprint density at radius 1 is 1.18 bits per heavy atom. The fraction of sp³-hybridized carbons (Fsp3) is 0.385. The number of aromatic nitrogens is 3. The number of nitrogens with two attached hydrogens (primary N) is 3. The zero-order valence-electron chi connectivity index (χ0n) is 21.0. The van der Waals surface area contributed by atoms with Crippen LogP contribution in [0.4, 0.5) is 17.5 Å². The molecule has 1 aromatic carbocycles. The number of benzene rings is 1. The molecule has 0 saturated carbocycles. The number of anilines is 3. The molecular formula is C26H30Cl2N8OS. The first kappa shape index (κ1) is 26.8. The molecule has 1 amide bonds. The van der Waals surface area contributed by atoms with Gasteiger partial charge in [0.05, 0.1) is 5.02 Å². The van der Waals surface area contributed by atoms with Gasteiger partial charge < -0.3 is 27.4 Å². The van der Waals surface area contributed by atoms with Crippen LogP contribution >= 0.6 is 35.0 Å². The molecule has 3 aromatic rings. The van der Waals surface area contributed by atoms with Crippen LogP contribution in [0.25, 0.3) is 0 Å². The molecule has 38 heavy (non-hydrogen) atoms. The molecule has 0 radical (unpaired) electrons. The maximum absolute atomic E-state index is 11.7. The first-order valence-electron chi connectivity index (χ1n) is 12.4. The lowest BCUT2D eigenvalue weighted by molar-refractivity contribution is -0.120. The second-order valence-corrected chi connectivity index (χ2v) is 11.6. The van der Waals surface area contributed by atoms with Crippen LogP contribution in [-0.4, -0.2) is 41.0 Å². The Kier molecular flexibility index (Phi) is 7.59. The first-order chi connectivity index (χ1) is 18.2. The number of nitrogens with zero attached hydrogens (tertiary/aromatic N) is 4. The van der Waals surface area contributed by atoms with E-state index in [2.05, 4.69) is 43.4 Å². The van der Waals surface area contributed by atoms with Crippen molar-refractivity contribution in [3.8, 4) is 0 Å². The summed E-state index contributed by atoms with van der Waals surface area (Å²) in [4.78, 5) is 27.6. The van der Waals surface area contributed by atoms with Crippen LogP contribution in [0.5, 0.6) is 0 Å². The van der Waals surface area contributed by atoms with E-state index in [0.29, 0.717) is 33.6 Å². The number of carbonyl (C=O) groups is 1. The Labute approximate surface area is 235 Å². The van der Waals surface area contributed by atoms with Gasteiger partial charge in [-0.2, -0.15) is 0 Å². The lowest BCUT2D eigenvalue weighted by atomic mass is 9.73. The molecule has 2 aliphatic rings. The number of carbonyl (C=O) groups excluding carboxylic acids is 1. The highest BCUT2D eigenvalue weighted by atomic mass is 35.5. The molecule has 7 N–H and O–H groups in total. The van der Waals surface area contributed by atoms with Gasteiger partial charge in [0.15, 0.2) is 16.8 Å². The van der Waals surface area contributed by atoms with Crippen LogP contribution in [0.3, 0.4) is 0 Å². The van der Waals surface area contributed by atoms with Gasteiger partial charge in [0, 0.05) is 43.7 Å². The van der Waals surface area contributed by atoms with Crippen molar-refractivity contribution < 1.29 is 4.79 Å². The zero-order valence-corrected chi connectivity index (χ0v) is 23.3. The molecule has 1 fully saturated rings. The molecule has 9 nitrogen and oxygen atoms in total. The molecule has 1 aliphatic heterocycles. The fourth-order valence-corrected chi connectivity index (χ4v) is 6.75. The first-order valence-corrected chi connectivity index (χ1v) is 14.0. The molecular weight excluding hydrogens is 543 g/mol. The van der Waals surface area contributed by atoms with Crippen LogP contribution in [0.2, 0.25) is 10.2 Å². The van der Waals surface area contributed by atoms with Crippen molar-refractivity contribution >= 4 is 58.3 Å². The number of pyridine rings is 1. The molecule has 5 rings (SSSR count). The number of fused-ring (bicyclic) bond motifs is 1. The van der Waals surface area contributed by atoms with Gasteiger partial charge in [-0.05, 0) is 53.9 Å². The monoisotopic (exact) mass is 572 g/mol. The van der Waals surface area contributed by atoms with E-state index in [-0.39, 0.29) is 34.2 Å². The summed E-state index contributed by atoms with van der Waals surface area (Å²) in [6.07, 6.45) is 5.49. The predicted octanol–water partition coefficient (Wildman–Crippen LogP) is 4.02. The number of halogens is 2.